The van der Waals surface area contributed by atoms with Crippen molar-refractivity contribution in [3.63, 3.8) is 0 Å². The predicted octanol–water partition coefficient (Wildman–Crippen LogP) is 1.55. The van der Waals surface area contributed by atoms with Crippen LogP contribution in [0.1, 0.15) is 0 Å². The third-order valence-electron chi connectivity index (χ3n) is 14.7. The molecule has 4 heteroatoms. The maximum atomic E-state index is 13.7. The summed E-state index contributed by atoms with van der Waals surface area (Å²) in [5.74, 6) is 13.2. The molecule has 0 spiro atoms. The van der Waals surface area contributed by atoms with Crippen molar-refractivity contribution in [2.45, 2.75) is 0 Å². The third-order valence-corrected chi connectivity index (χ3v) is 14.7. The van der Waals surface area contributed by atoms with Gasteiger partial charge in [-0.05, 0) is 107 Å². The largest absolute Gasteiger partial charge is 0.469 e. The fourth-order valence-corrected chi connectivity index (χ4v) is 16.7. The van der Waals surface area contributed by atoms with E-state index in [2.05, 4.69) is 0 Å². The summed E-state index contributed by atoms with van der Waals surface area (Å²) < 4.78 is 11.3. The van der Waals surface area contributed by atoms with Crippen molar-refractivity contribution in [2.24, 2.45) is 117 Å². The van der Waals surface area contributed by atoms with Gasteiger partial charge in [0.05, 0.1) is 25.0 Å². The summed E-state index contributed by atoms with van der Waals surface area (Å²) in [5, 5.41) is 0. The van der Waals surface area contributed by atoms with E-state index in [-0.39, 0.29) is 22.8 Å². The molecule has 4 nitrogen and oxygen atoms in total. The molecule has 0 bridgehead atoms. The second-order valence-electron chi connectivity index (χ2n) is 12.9. The monoisotopic (exact) mass is 376 g/mol. The highest BCUT2D eigenvalue weighted by Crippen LogP contribution is 3.06. The van der Waals surface area contributed by atoms with Crippen molar-refractivity contribution in [2.75, 3.05) is 14.2 Å². The Morgan fingerprint density at radius 1 is 0.464 bits per heavy atom. The second kappa shape index (κ2) is 3.03. The van der Waals surface area contributed by atoms with Crippen LogP contribution in [0.15, 0.2) is 0 Å². The van der Waals surface area contributed by atoms with Crippen LogP contribution in [0.4, 0.5) is 0 Å². The molecule has 28 heavy (non-hydrogen) atoms. The number of carbonyl (C=O) groups is 2. The van der Waals surface area contributed by atoms with Crippen LogP contribution in [-0.2, 0) is 19.1 Å². The lowest BCUT2D eigenvalue weighted by atomic mass is 9.63. The SMILES string of the molecule is COC(=O)C12C3C4C5C6C3C3C7C6C6C5C5C4C1C1C(C32)C7C6(C(=O)OC)C51. The average Bonchev–Trinajstić information content (AvgIpc) is 3.43. The number of carbonyl (C=O) groups excluding carboxylic acids is 2. The fraction of sp³-hybridized carbons (Fsp3) is 0.917. The van der Waals surface area contributed by atoms with Gasteiger partial charge in [0.1, 0.15) is 0 Å². The molecule has 0 saturated heterocycles. The van der Waals surface area contributed by atoms with Crippen LogP contribution in [0.3, 0.4) is 0 Å². The molecule has 12 aliphatic rings. The Balaban J connectivity index is 1.35. The number of hydrogen-bond donors (Lipinski definition) is 0. The molecule has 0 radical (unpaired) electrons. The zero-order valence-corrected chi connectivity index (χ0v) is 16.0. The van der Waals surface area contributed by atoms with Gasteiger partial charge in [0.15, 0.2) is 0 Å². The number of esters is 2. The fourth-order valence-electron chi connectivity index (χ4n) is 16.7. The summed E-state index contributed by atoms with van der Waals surface area (Å²) in [5.41, 5.74) is -0.270. The van der Waals surface area contributed by atoms with Gasteiger partial charge in [-0.25, -0.2) is 0 Å². The molecular formula is C24H24O4. The first-order valence-corrected chi connectivity index (χ1v) is 11.9. The minimum atomic E-state index is -0.135. The summed E-state index contributed by atoms with van der Waals surface area (Å²) >= 11 is 0. The van der Waals surface area contributed by atoms with E-state index in [0.717, 1.165) is 59.2 Å². The molecule has 0 heterocycles. The van der Waals surface area contributed by atoms with E-state index in [1.165, 1.54) is 0 Å². The Hall–Kier alpha value is -1.06. The topological polar surface area (TPSA) is 52.6 Å². The van der Waals surface area contributed by atoms with Gasteiger partial charge in [-0.3, -0.25) is 9.59 Å². The minimum Gasteiger partial charge on any atom is -0.469 e. The molecule has 0 aromatic carbocycles. The highest BCUT2D eigenvalue weighted by atomic mass is 16.5. The molecule has 0 aromatic rings. The molecule has 0 amide bonds. The lowest BCUT2D eigenvalue weighted by Crippen LogP contribution is -2.47. The molecule has 12 atom stereocenters. The lowest BCUT2D eigenvalue weighted by Gasteiger charge is -2.40. The smallest absolute Gasteiger partial charge is 0.312 e. The third kappa shape index (κ3) is 0.662. The van der Waals surface area contributed by atoms with Gasteiger partial charge >= 0.3 is 11.9 Å². The van der Waals surface area contributed by atoms with Crippen molar-refractivity contribution in [1.29, 1.82) is 0 Å². The quantitative estimate of drug-likeness (QED) is 0.686. The predicted molar refractivity (Wildman–Crippen MR) is 91.7 cm³/mol. The van der Waals surface area contributed by atoms with Crippen LogP contribution in [0.5, 0.6) is 0 Å². The van der Waals surface area contributed by atoms with Crippen molar-refractivity contribution >= 4 is 11.9 Å². The van der Waals surface area contributed by atoms with Gasteiger partial charge in [-0.15, -0.1) is 0 Å². The highest BCUT2D eigenvalue weighted by molar-refractivity contribution is 5.86. The first-order chi connectivity index (χ1) is 13.7. The molecular weight excluding hydrogens is 352 g/mol. The van der Waals surface area contributed by atoms with E-state index in [4.69, 9.17) is 9.47 Å². The second-order valence-corrected chi connectivity index (χ2v) is 12.9. The Kier molecular flexibility index (Phi) is 1.44. The van der Waals surface area contributed by atoms with Gasteiger partial charge in [-0.1, -0.05) is 0 Å². The van der Waals surface area contributed by atoms with Crippen LogP contribution in [0, 0.1) is 117 Å². The van der Waals surface area contributed by atoms with Crippen LogP contribution >= 0.6 is 0 Å². The van der Waals surface area contributed by atoms with Crippen LogP contribution in [-0.4, -0.2) is 26.2 Å². The van der Waals surface area contributed by atoms with Crippen LogP contribution in [0.25, 0.3) is 0 Å². The molecule has 0 N–H and O–H groups in total. The van der Waals surface area contributed by atoms with Gasteiger partial charge in [0, 0.05) is 0 Å². The maximum absolute atomic E-state index is 13.7. The van der Waals surface area contributed by atoms with Crippen LogP contribution < -0.4 is 0 Å². The Morgan fingerprint density at radius 2 is 0.714 bits per heavy atom. The molecule has 0 aliphatic heterocycles. The summed E-state index contributed by atoms with van der Waals surface area (Å²) in [4.78, 5) is 27.3. The first-order valence-electron chi connectivity index (χ1n) is 11.9. The van der Waals surface area contributed by atoms with E-state index in [9.17, 15) is 9.59 Å². The standard InChI is InChI=1S/C24H24O4/c1-27-21(25)23-15-5-3-4-6(15)10-12-8(4)16-7(3)11-9(5)17(23)13-14(18(10)23)20(12)24(16,19(11)13)22(26)28-2/h3-20H,1-2H3. The van der Waals surface area contributed by atoms with E-state index in [1.54, 1.807) is 14.2 Å². The average molecular weight is 376 g/mol. The summed E-state index contributed by atoms with van der Waals surface area (Å²) in [6.45, 7) is 0. The van der Waals surface area contributed by atoms with E-state index >= 15 is 0 Å². The Morgan fingerprint density at radius 3 is 1.00 bits per heavy atom. The summed E-state index contributed by atoms with van der Waals surface area (Å²) in [7, 11) is 3.30. The van der Waals surface area contributed by atoms with Crippen molar-refractivity contribution in [3.05, 3.63) is 0 Å². The van der Waals surface area contributed by atoms with Crippen molar-refractivity contribution < 1.29 is 19.1 Å². The first kappa shape index (κ1) is 13.3. The molecule has 0 aromatic heterocycles. The maximum Gasteiger partial charge on any atom is 0.312 e. The molecule has 12 unspecified atom stereocenters. The van der Waals surface area contributed by atoms with E-state index in [0.29, 0.717) is 47.3 Å². The highest BCUT2D eigenvalue weighted by Gasteiger charge is 3.06. The molecule has 12 aliphatic carbocycles. The lowest BCUT2D eigenvalue weighted by molar-refractivity contribution is -0.163. The van der Waals surface area contributed by atoms with Gasteiger partial charge in [0.2, 0.25) is 0 Å². The molecule has 12 saturated carbocycles. The van der Waals surface area contributed by atoms with Gasteiger partial charge in [0.25, 0.3) is 0 Å². The Labute approximate surface area is 163 Å². The van der Waals surface area contributed by atoms with Crippen molar-refractivity contribution in [3.8, 4) is 0 Å². The van der Waals surface area contributed by atoms with Crippen molar-refractivity contribution in [1.82, 2.24) is 0 Å². The zero-order valence-electron chi connectivity index (χ0n) is 16.0. The summed E-state index contributed by atoms with van der Waals surface area (Å²) in [6.07, 6.45) is 0. The minimum absolute atomic E-state index is 0.135. The number of ether oxygens (including phenoxy) is 2. The van der Waals surface area contributed by atoms with Gasteiger partial charge < -0.3 is 9.47 Å². The normalized spacial score (nSPS) is 85.4. The molecule has 12 fully saturated rings. The Bertz CT molecular complexity index is 884. The van der Waals surface area contributed by atoms with Gasteiger partial charge in [-0.2, -0.15) is 0 Å². The number of methoxy groups -OCH3 is 2. The zero-order chi connectivity index (χ0) is 18.0. The van der Waals surface area contributed by atoms with E-state index in [1.807, 2.05) is 0 Å². The molecule has 12 rings (SSSR count). The number of hydrogen-bond acceptors (Lipinski definition) is 4. The summed E-state index contributed by atoms with van der Waals surface area (Å²) in [6, 6.07) is 0. The number of rotatable bonds is 2. The molecule has 144 valence electrons. The van der Waals surface area contributed by atoms with Crippen LogP contribution in [0.2, 0.25) is 0 Å². The van der Waals surface area contributed by atoms with E-state index < -0.39 is 0 Å².